The molecule has 2 amide bonds. The number of rotatable bonds is 9. The van der Waals surface area contributed by atoms with Gasteiger partial charge < -0.3 is 26.0 Å². The third kappa shape index (κ3) is 6.54. The minimum Gasteiger partial charge on any atom is -0.396 e. The molecule has 0 spiro atoms. The molecule has 0 aromatic carbocycles. The second kappa shape index (κ2) is 11.3. The number of fused-ring (bicyclic) bond motifs is 2. The second-order valence-corrected chi connectivity index (χ2v) is 14.5. The van der Waals surface area contributed by atoms with Gasteiger partial charge in [0.25, 0.3) is 0 Å². The highest BCUT2D eigenvalue weighted by Crippen LogP contribution is 2.62. The summed E-state index contributed by atoms with van der Waals surface area (Å²) in [7, 11) is 0. The van der Waals surface area contributed by atoms with Gasteiger partial charge in [0.2, 0.25) is 11.8 Å². The first-order valence-electron chi connectivity index (χ1n) is 13.6. The summed E-state index contributed by atoms with van der Waals surface area (Å²) in [5.41, 5.74) is -0.382. The zero-order valence-electron chi connectivity index (χ0n) is 23.6. The Balaban J connectivity index is 1.96. The molecule has 37 heavy (non-hydrogen) atoms. The molecule has 0 radical (unpaired) electrons. The average molecular weight is 538 g/mol. The molecule has 3 rings (SSSR count). The Hall–Kier alpha value is -1.55. The van der Waals surface area contributed by atoms with E-state index in [1.165, 1.54) is 11.3 Å². The van der Waals surface area contributed by atoms with Crippen molar-refractivity contribution >= 4 is 28.3 Å². The molecule has 9 heteroatoms. The first-order valence-corrected chi connectivity index (χ1v) is 14.4. The maximum absolute atomic E-state index is 13.3. The van der Waals surface area contributed by atoms with E-state index in [0.717, 1.165) is 10.6 Å². The van der Waals surface area contributed by atoms with Gasteiger partial charge in [0, 0.05) is 29.1 Å². The minimum absolute atomic E-state index is 0.0538. The molecular weight excluding hydrogens is 490 g/mol. The number of nitrogens with zero attached hydrogens (tertiary/aromatic N) is 1. The van der Waals surface area contributed by atoms with E-state index in [2.05, 4.69) is 31.4 Å². The van der Waals surface area contributed by atoms with E-state index in [1.807, 2.05) is 27.7 Å². The van der Waals surface area contributed by atoms with Gasteiger partial charge in [-0.25, -0.2) is 4.98 Å². The fourth-order valence-corrected chi connectivity index (χ4v) is 7.65. The highest BCUT2D eigenvalue weighted by Gasteiger charge is 2.59. The Morgan fingerprint density at radius 2 is 1.86 bits per heavy atom. The van der Waals surface area contributed by atoms with Crippen LogP contribution in [0.25, 0.3) is 0 Å². The van der Waals surface area contributed by atoms with Gasteiger partial charge in [0.05, 0.1) is 31.1 Å². The Labute approximate surface area is 225 Å². The molecule has 1 fully saturated rings. The van der Waals surface area contributed by atoms with Crippen LogP contribution in [0, 0.1) is 28.1 Å². The monoisotopic (exact) mass is 537 g/mol. The molecule has 6 unspecified atom stereocenters. The van der Waals surface area contributed by atoms with Crippen LogP contribution in [0.1, 0.15) is 97.1 Å². The van der Waals surface area contributed by atoms with E-state index in [-0.39, 0.29) is 60.2 Å². The number of hydrogen-bond acceptors (Lipinski definition) is 7. The summed E-state index contributed by atoms with van der Waals surface area (Å²) in [6.45, 7) is 14.0. The molecule has 8 nitrogen and oxygen atoms in total. The van der Waals surface area contributed by atoms with E-state index < -0.39 is 11.5 Å². The van der Waals surface area contributed by atoms with Crippen molar-refractivity contribution in [1.29, 1.82) is 0 Å². The van der Waals surface area contributed by atoms with Crippen molar-refractivity contribution in [3.63, 3.8) is 0 Å². The molecule has 2 aliphatic carbocycles. The number of nitrogens with one attached hydrogen (secondary N) is 2. The van der Waals surface area contributed by atoms with Crippen LogP contribution in [0.3, 0.4) is 0 Å². The lowest BCUT2D eigenvalue weighted by Crippen LogP contribution is -2.58. The Kier molecular flexibility index (Phi) is 9.15. The van der Waals surface area contributed by atoms with Crippen LogP contribution in [-0.4, -0.2) is 57.5 Å². The van der Waals surface area contributed by atoms with Gasteiger partial charge in [-0.3, -0.25) is 9.59 Å². The Morgan fingerprint density at radius 3 is 2.43 bits per heavy atom. The number of aromatic nitrogens is 1. The van der Waals surface area contributed by atoms with Crippen molar-refractivity contribution in [2.24, 2.45) is 28.1 Å². The largest absolute Gasteiger partial charge is 0.396 e. The third-order valence-electron chi connectivity index (χ3n) is 8.56. The van der Waals surface area contributed by atoms with E-state index >= 15 is 0 Å². The number of aliphatic hydroxyl groups excluding tert-OH is 3. The predicted octanol–water partition coefficient (Wildman–Crippen LogP) is 3.85. The van der Waals surface area contributed by atoms with Crippen LogP contribution in [0.4, 0.5) is 5.13 Å². The maximum Gasteiger partial charge on any atom is 0.226 e. The van der Waals surface area contributed by atoms with Gasteiger partial charge >= 0.3 is 0 Å². The molecule has 0 bridgehead atoms. The lowest BCUT2D eigenvalue weighted by molar-refractivity contribution is -0.144. The van der Waals surface area contributed by atoms with Crippen LogP contribution >= 0.6 is 11.3 Å². The number of carbonyl (C=O) groups excluding carboxylic acids is 2. The fourth-order valence-electron chi connectivity index (χ4n) is 6.56. The first-order chi connectivity index (χ1) is 17.1. The summed E-state index contributed by atoms with van der Waals surface area (Å²) < 4.78 is 0. The number of carbonyl (C=O) groups is 2. The van der Waals surface area contributed by atoms with Gasteiger partial charge in [-0.1, -0.05) is 48.5 Å². The van der Waals surface area contributed by atoms with Gasteiger partial charge in [-0.15, -0.1) is 11.3 Å². The lowest BCUT2D eigenvalue weighted by Gasteiger charge is -2.58. The maximum atomic E-state index is 13.3. The molecule has 210 valence electrons. The van der Waals surface area contributed by atoms with Crippen molar-refractivity contribution in [3.8, 4) is 0 Å². The van der Waals surface area contributed by atoms with Crippen molar-refractivity contribution in [2.75, 3.05) is 18.5 Å². The topological polar surface area (TPSA) is 132 Å². The highest BCUT2D eigenvalue weighted by atomic mass is 32.1. The van der Waals surface area contributed by atoms with Crippen LogP contribution < -0.4 is 10.6 Å². The first kappa shape index (κ1) is 30.0. The number of amides is 2. The quantitative estimate of drug-likeness (QED) is 0.325. The molecule has 2 aliphatic rings. The molecule has 6 atom stereocenters. The molecule has 1 aromatic rings. The van der Waals surface area contributed by atoms with Crippen molar-refractivity contribution in [1.82, 2.24) is 10.3 Å². The fraction of sp³-hybridized carbons (Fsp3) is 0.821. The van der Waals surface area contributed by atoms with Gasteiger partial charge in [0.15, 0.2) is 5.13 Å². The normalized spacial score (nSPS) is 30.4. The van der Waals surface area contributed by atoms with Gasteiger partial charge in [-0.05, 0) is 48.3 Å². The van der Waals surface area contributed by atoms with Crippen LogP contribution in [0.2, 0.25) is 0 Å². The van der Waals surface area contributed by atoms with E-state index in [9.17, 15) is 24.9 Å². The molecule has 1 saturated carbocycles. The van der Waals surface area contributed by atoms with E-state index in [1.54, 1.807) is 0 Å². The number of thiazole rings is 1. The number of aliphatic hydroxyl groups is 3. The lowest BCUT2D eigenvalue weighted by atomic mass is 9.47. The van der Waals surface area contributed by atoms with Crippen LogP contribution in [0.15, 0.2) is 0 Å². The van der Waals surface area contributed by atoms with Crippen LogP contribution in [0.5, 0.6) is 0 Å². The standard InChI is InChI=1S/C28H47N3O5S/c1-16(2)10-17(14-32)29-22(35)11-18-24-19(37-25(31-24)30-23(36)13-26(3,4)5)12-20-27(18,6)9-8-21(34)28(20,7)15-33/h16-18,20-21,32-34H,8-15H2,1-7H3,(H,29,35)(H,30,31,36). The predicted molar refractivity (Wildman–Crippen MR) is 146 cm³/mol. The zero-order valence-corrected chi connectivity index (χ0v) is 24.4. The summed E-state index contributed by atoms with van der Waals surface area (Å²) >= 11 is 1.44. The molecule has 1 heterocycles. The van der Waals surface area contributed by atoms with Crippen molar-refractivity contribution < 1.29 is 24.9 Å². The van der Waals surface area contributed by atoms with E-state index in [0.29, 0.717) is 43.2 Å². The zero-order chi connectivity index (χ0) is 27.8. The molecule has 0 aliphatic heterocycles. The summed E-state index contributed by atoms with van der Waals surface area (Å²) in [4.78, 5) is 31.8. The summed E-state index contributed by atoms with van der Waals surface area (Å²) in [6, 6.07) is -0.308. The molecule has 1 aromatic heterocycles. The summed E-state index contributed by atoms with van der Waals surface area (Å²) in [6.07, 6.45) is 2.52. The molecule has 0 saturated heterocycles. The third-order valence-corrected chi connectivity index (χ3v) is 9.57. The highest BCUT2D eigenvalue weighted by molar-refractivity contribution is 7.15. The minimum atomic E-state index is -0.704. The Morgan fingerprint density at radius 1 is 1.19 bits per heavy atom. The smallest absolute Gasteiger partial charge is 0.226 e. The van der Waals surface area contributed by atoms with Gasteiger partial charge in [-0.2, -0.15) is 0 Å². The average Bonchev–Trinajstić information content (AvgIpc) is 3.17. The summed E-state index contributed by atoms with van der Waals surface area (Å²) in [5, 5.41) is 37.7. The van der Waals surface area contributed by atoms with Crippen molar-refractivity contribution in [3.05, 3.63) is 10.6 Å². The van der Waals surface area contributed by atoms with Crippen LogP contribution in [-0.2, 0) is 16.0 Å². The van der Waals surface area contributed by atoms with E-state index in [4.69, 9.17) is 4.98 Å². The number of anilines is 1. The molecule has 5 N–H and O–H groups in total. The van der Waals surface area contributed by atoms with Crippen molar-refractivity contribution in [2.45, 2.75) is 105 Å². The summed E-state index contributed by atoms with van der Waals surface area (Å²) in [5.74, 6) is -0.180. The Bertz CT molecular complexity index is 974. The second-order valence-electron chi connectivity index (χ2n) is 13.4. The number of hydrogen-bond donors (Lipinski definition) is 5. The molecular formula is C28H47N3O5S. The van der Waals surface area contributed by atoms with Gasteiger partial charge in [0.1, 0.15) is 0 Å². The SMILES string of the molecule is CC(C)CC(CO)NC(=O)CC1c2nc(NC(=O)CC(C)(C)C)sc2CC2C(C)(CO)C(O)CCC12C.